The molecule has 0 saturated heterocycles. The predicted molar refractivity (Wildman–Crippen MR) is 55.0 cm³/mol. The molecule has 0 unspecified atom stereocenters. The number of nitrogens with two attached hydrogens (primary N) is 1. The standard InChI is InChI=1S/C10H12F4N2/c1-6-2-3-7(15)8(4-6)16-5-10(13,14)9(11)12/h2-4,9,16H,5,15H2,1H3. The van der Waals surface area contributed by atoms with Gasteiger partial charge in [0.25, 0.3) is 0 Å². The first-order valence-corrected chi connectivity index (χ1v) is 4.59. The smallest absolute Gasteiger partial charge is 0.324 e. The fraction of sp³-hybridized carbons (Fsp3) is 0.400. The Kier molecular flexibility index (Phi) is 3.62. The van der Waals surface area contributed by atoms with Gasteiger partial charge in [0.1, 0.15) is 0 Å². The minimum Gasteiger partial charge on any atom is -0.397 e. The van der Waals surface area contributed by atoms with Gasteiger partial charge in [0.05, 0.1) is 17.9 Å². The van der Waals surface area contributed by atoms with E-state index in [-0.39, 0.29) is 11.4 Å². The average molecular weight is 236 g/mol. The van der Waals surface area contributed by atoms with E-state index >= 15 is 0 Å². The van der Waals surface area contributed by atoms with Crippen LogP contribution in [0, 0.1) is 6.92 Å². The maximum absolute atomic E-state index is 12.6. The minimum atomic E-state index is -4.06. The van der Waals surface area contributed by atoms with E-state index < -0.39 is 18.9 Å². The Morgan fingerprint density at radius 3 is 2.56 bits per heavy atom. The minimum absolute atomic E-state index is 0.236. The van der Waals surface area contributed by atoms with Gasteiger partial charge in [-0.25, -0.2) is 8.78 Å². The molecule has 0 radical (unpaired) electrons. The second-order valence-corrected chi connectivity index (χ2v) is 3.51. The van der Waals surface area contributed by atoms with Crippen LogP contribution in [0.5, 0.6) is 0 Å². The van der Waals surface area contributed by atoms with E-state index in [1.165, 1.54) is 12.1 Å². The summed E-state index contributed by atoms with van der Waals surface area (Å²) in [7, 11) is 0. The first kappa shape index (κ1) is 12.6. The summed E-state index contributed by atoms with van der Waals surface area (Å²) in [5, 5.41) is 2.22. The molecule has 1 aromatic rings. The normalized spacial score (nSPS) is 11.9. The molecule has 0 heterocycles. The van der Waals surface area contributed by atoms with Crippen molar-refractivity contribution >= 4 is 11.4 Å². The van der Waals surface area contributed by atoms with Crippen LogP contribution in [-0.4, -0.2) is 18.9 Å². The molecule has 3 N–H and O–H groups in total. The molecule has 0 atom stereocenters. The maximum atomic E-state index is 12.6. The van der Waals surface area contributed by atoms with Crippen molar-refractivity contribution in [3.63, 3.8) is 0 Å². The molecule has 0 spiro atoms. The third-order valence-electron chi connectivity index (χ3n) is 2.04. The van der Waals surface area contributed by atoms with Crippen molar-refractivity contribution < 1.29 is 17.6 Å². The molecule has 0 bridgehead atoms. The molecule has 90 valence electrons. The summed E-state index contributed by atoms with van der Waals surface area (Å²) < 4.78 is 49.0. The summed E-state index contributed by atoms with van der Waals surface area (Å²) in [6.07, 6.45) is -3.69. The van der Waals surface area contributed by atoms with Crippen LogP contribution in [0.1, 0.15) is 5.56 Å². The Bertz CT molecular complexity index is 366. The van der Waals surface area contributed by atoms with Gasteiger partial charge in [-0.15, -0.1) is 0 Å². The van der Waals surface area contributed by atoms with E-state index in [4.69, 9.17) is 5.73 Å². The molecule has 0 aromatic heterocycles. The third kappa shape index (κ3) is 3.01. The molecular formula is C10H12F4N2. The largest absolute Gasteiger partial charge is 0.397 e. The topological polar surface area (TPSA) is 38.0 Å². The molecule has 0 amide bonds. The Hall–Kier alpha value is -1.46. The summed E-state index contributed by atoms with van der Waals surface area (Å²) in [4.78, 5) is 0. The Balaban J connectivity index is 2.71. The Labute approximate surface area is 90.4 Å². The van der Waals surface area contributed by atoms with E-state index in [1.54, 1.807) is 13.0 Å². The number of halogens is 4. The van der Waals surface area contributed by atoms with Gasteiger partial charge in [-0.2, -0.15) is 8.78 Å². The highest BCUT2D eigenvalue weighted by Gasteiger charge is 2.40. The Morgan fingerprint density at radius 1 is 1.38 bits per heavy atom. The lowest BCUT2D eigenvalue weighted by Gasteiger charge is -2.17. The average Bonchev–Trinajstić information content (AvgIpc) is 2.19. The highest BCUT2D eigenvalue weighted by molar-refractivity contribution is 5.66. The van der Waals surface area contributed by atoms with Crippen molar-refractivity contribution in [2.45, 2.75) is 19.3 Å². The van der Waals surface area contributed by atoms with Crippen molar-refractivity contribution in [2.75, 3.05) is 17.6 Å². The summed E-state index contributed by atoms with van der Waals surface area (Å²) >= 11 is 0. The quantitative estimate of drug-likeness (QED) is 0.623. The summed E-state index contributed by atoms with van der Waals surface area (Å²) in [5.41, 5.74) is 6.79. The number of anilines is 2. The third-order valence-corrected chi connectivity index (χ3v) is 2.04. The zero-order chi connectivity index (χ0) is 12.3. The van der Waals surface area contributed by atoms with Gasteiger partial charge in [-0.05, 0) is 24.6 Å². The predicted octanol–water partition coefficient (Wildman–Crippen LogP) is 2.89. The second-order valence-electron chi connectivity index (χ2n) is 3.51. The van der Waals surface area contributed by atoms with Crippen molar-refractivity contribution in [3.05, 3.63) is 23.8 Å². The maximum Gasteiger partial charge on any atom is 0.324 e. The first-order valence-electron chi connectivity index (χ1n) is 4.59. The van der Waals surface area contributed by atoms with E-state index in [0.29, 0.717) is 0 Å². The van der Waals surface area contributed by atoms with E-state index in [0.717, 1.165) is 5.56 Å². The monoisotopic (exact) mass is 236 g/mol. The zero-order valence-electron chi connectivity index (χ0n) is 8.61. The molecule has 1 rings (SSSR count). The van der Waals surface area contributed by atoms with Crippen molar-refractivity contribution in [1.82, 2.24) is 0 Å². The molecule has 6 heteroatoms. The molecular weight excluding hydrogens is 224 g/mol. The van der Waals surface area contributed by atoms with Crippen LogP contribution < -0.4 is 11.1 Å². The zero-order valence-corrected chi connectivity index (χ0v) is 8.61. The molecule has 0 aliphatic carbocycles. The molecule has 0 saturated carbocycles. The fourth-order valence-electron chi connectivity index (χ4n) is 1.11. The van der Waals surface area contributed by atoms with Crippen LogP contribution in [0.25, 0.3) is 0 Å². The van der Waals surface area contributed by atoms with E-state index in [1.807, 2.05) is 0 Å². The van der Waals surface area contributed by atoms with E-state index in [2.05, 4.69) is 5.32 Å². The van der Waals surface area contributed by atoms with Crippen LogP contribution in [0.3, 0.4) is 0 Å². The number of nitrogens with one attached hydrogen (secondary N) is 1. The molecule has 16 heavy (non-hydrogen) atoms. The summed E-state index contributed by atoms with van der Waals surface area (Å²) in [5.74, 6) is -4.06. The van der Waals surface area contributed by atoms with Crippen LogP contribution in [0.15, 0.2) is 18.2 Å². The number of nitrogen functional groups attached to an aromatic ring is 1. The number of rotatable bonds is 4. The number of benzene rings is 1. The fourth-order valence-corrected chi connectivity index (χ4v) is 1.11. The number of aryl methyl sites for hydroxylation is 1. The Morgan fingerprint density at radius 2 is 2.00 bits per heavy atom. The number of alkyl halides is 4. The van der Waals surface area contributed by atoms with Gasteiger partial charge in [0.2, 0.25) is 0 Å². The second kappa shape index (κ2) is 4.59. The van der Waals surface area contributed by atoms with Gasteiger partial charge in [0.15, 0.2) is 0 Å². The highest BCUT2D eigenvalue weighted by Crippen LogP contribution is 2.25. The van der Waals surface area contributed by atoms with Crippen molar-refractivity contribution in [2.24, 2.45) is 0 Å². The van der Waals surface area contributed by atoms with Crippen LogP contribution in [0.4, 0.5) is 28.9 Å². The lowest BCUT2D eigenvalue weighted by molar-refractivity contribution is -0.117. The number of hydrogen-bond donors (Lipinski definition) is 2. The van der Waals surface area contributed by atoms with Gasteiger partial charge in [-0.1, -0.05) is 6.07 Å². The first-order chi connectivity index (χ1) is 7.33. The SMILES string of the molecule is Cc1ccc(N)c(NCC(F)(F)C(F)F)c1. The molecule has 1 aromatic carbocycles. The van der Waals surface area contributed by atoms with Crippen LogP contribution >= 0.6 is 0 Å². The lowest BCUT2D eigenvalue weighted by Crippen LogP contribution is -2.35. The molecule has 0 fully saturated rings. The van der Waals surface area contributed by atoms with Crippen LogP contribution in [0.2, 0.25) is 0 Å². The molecule has 0 aliphatic rings. The summed E-state index contributed by atoms with van der Waals surface area (Å²) in [6, 6.07) is 4.75. The van der Waals surface area contributed by atoms with Crippen LogP contribution in [-0.2, 0) is 0 Å². The highest BCUT2D eigenvalue weighted by atomic mass is 19.3. The molecule has 2 nitrogen and oxygen atoms in total. The van der Waals surface area contributed by atoms with Gasteiger partial charge >= 0.3 is 12.3 Å². The van der Waals surface area contributed by atoms with Crippen molar-refractivity contribution in [1.29, 1.82) is 0 Å². The lowest BCUT2D eigenvalue weighted by atomic mass is 10.2. The van der Waals surface area contributed by atoms with Gasteiger partial charge < -0.3 is 11.1 Å². The van der Waals surface area contributed by atoms with E-state index in [9.17, 15) is 17.6 Å². The number of hydrogen-bond acceptors (Lipinski definition) is 2. The summed E-state index contributed by atoms with van der Waals surface area (Å²) in [6.45, 7) is 0.605. The van der Waals surface area contributed by atoms with Gasteiger partial charge in [-0.3, -0.25) is 0 Å². The van der Waals surface area contributed by atoms with Crippen molar-refractivity contribution in [3.8, 4) is 0 Å². The molecule has 0 aliphatic heterocycles. The van der Waals surface area contributed by atoms with Gasteiger partial charge in [0, 0.05) is 0 Å².